The summed E-state index contributed by atoms with van der Waals surface area (Å²) in [5.41, 5.74) is 1.44. The highest BCUT2D eigenvalue weighted by Crippen LogP contribution is 2.31. The van der Waals surface area contributed by atoms with E-state index < -0.39 is 10.0 Å². The fourth-order valence-electron chi connectivity index (χ4n) is 3.33. The molecule has 1 N–H and O–H groups in total. The Hall–Kier alpha value is -2.97. The SMILES string of the molecule is CCN(CC)S(=O)(=O)c1ccc(OC(C)C)c(NC(=O)c2cccc3ncccc23)c1. The maximum Gasteiger partial charge on any atom is 0.256 e. The molecule has 1 aromatic heterocycles. The lowest BCUT2D eigenvalue weighted by Gasteiger charge is -2.21. The number of benzene rings is 2. The van der Waals surface area contributed by atoms with E-state index in [0.717, 1.165) is 0 Å². The molecule has 3 aromatic rings. The van der Waals surface area contributed by atoms with E-state index in [2.05, 4.69) is 10.3 Å². The Morgan fingerprint density at radius 3 is 2.52 bits per heavy atom. The molecule has 0 saturated heterocycles. The molecule has 3 rings (SSSR count). The molecule has 0 radical (unpaired) electrons. The summed E-state index contributed by atoms with van der Waals surface area (Å²) < 4.78 is 33.1. The van der Waals surface area contributed by atoms with Crippen molar-refractivity contribution in [3.8, 4) is 5.75 Å². The van der Waals surface area contributed by atoms with Crippen molar-refractivity contribution >= 4 is 32.5 Å². The molecule has 0 saturated carbocycles. The van der Waals surface area contributed by atoms with Crippen LogP contribution >= 0.6 is 0 Å². The third kappa shape index (κ3) is 4.86. The van der Waals surface area contributed by atoms with Gasteiger partial charge in [-0.25, -0.2) is 8.42 Å². The molecule has 0 spiro atoms. The number of nitrogens with one attached hydrogen (secondary N) is 1. The molecule has 0 unspecified atom stereocenters. The predicted octanol–water partition coefficient (Wildman–Crippen LogP) is 4.30. The third-order valence-corrected chi connectivity index (χ3v) is 6.84. The van der Waals surface area contributed by atoms with Crippen molar-refractivity contribution in [3.63, 3.8) is 0 Å². The van der Waals surface area contributed by atoms with E-state index in [1.54, 1.807) is 44.3 Å². The second-order valence-corrected chi connectivity index (χ2v) is 9.18. The van der Waals surface area contributed by atoms with Gasteiger partial charge in [0.25, 0.3) is 5.91 Å². The van der Waals surface area contributed by atoms with E-state index in [4.69, 9.17) is 4.74 Å². The Bertz CT molecular complexity index is 1180. The summed E-state index contributed by atoms with van der Waals surface area (Å²) in [6.07, 6.45) is 1.52. The van der Waals surface area contributed by atoms with Crippen molar-refractivity contribution in [2.75, 3.05) is 18.4 Å². The van der Waals surface area contributed by atoms with Crippen LogP contribution in [0.15, 0.2) is 59.6 Å². The van der Waals surface area contributed by atoms with Gasteiger partial charge in [0.05, 0.1) is 22.2 Å². The summed E-state index contributed by atoms with van der Waals surface area (Å²) >= 11 is 0. The lowest BCUT2D eigenvalue weighted by Crippen LogP contribution is -2.30. The molecule has 0 atom stereocenters. The highest BCUT2D eigenvalue weighted by Gasteiger charge is 2.24. The molecule has 0 bridgehead atoms. The standard InChI is InChI=1S/C23H27N3O4S/c1-5-26(6-2)31(28,29)17-12-13-22(30-16(3)4)21(15-17)25-23(27)19-9-7-11-20-18(19)10-8-14-24-20/h7-16H,5-6H2,1-4H3,(H,25,27). The van der Waals surface area contributed by atoms with Crippen LogP contribution in [-0.4, -0.2) is 42.8 Å². The minimum atomic E-state index is -3.69. The van der Waals surface area contributed by atoms with Crippen LogP contribution in [0.1, 0.15) is 38.1 Å². The summed E-state index contributed by atoms with van der Waals surface area (Å²) in [5.74, 6) is 0.0322. The molecule has 0 aliphatic heterocycles. The van der Waals surface area contributed by atoms with E-state index >= 15 is 0 Å². The van der Waals surface area contributed by atoms with E-state index in [1.165, 1.54) is 16.4 Å². The molecular formula is C23H27N3O4S. The van der Waals surface area contributed by atoms with Gasteiger partial charge in [-0.1, -0.05) is 26.0 Å². The number of hydrogen-bond donors (Lipinski definition) is 1. The topological polar surface area (TPSA) is 88.6 Å². The monoisotopic (exact) mass is 441 g/mol. The van der Waals surface area contributed by atoms with Gasteiger partial charge in [-0.2, -0.15) is 4.31 Å². The number of aromatic nitrogens is 1. The number of rotatable bonds is 8. The van der Waals surface area contributed by atoms with Crippen LogP contribution in [-0.2, 0) is 10.0 Å². The second-order valence-electron chi connectivity index (χ2n) is 7.24. The molecule has 31 heavy (non-hydrogen) atoms. The number of hydrogen-bond acceptors (Lipinski definition) is 5. The molecule has 1 amide bonds. The van der Waals surface area contributed by atoms with E-state index in [0.29, 0.717) is 41.0 Å². The normalized spacial score (nSPS) is 11.8. The van der Waals surface area contributed by atoms with Crippen LogP contribution in [0.3, 0.4) is 0 Å². The van der Waals surface area contributed by atoms with Gasteiger partial charge in [-0.3, -0.25) is 9.78 Å². The molecule has 7 nitrogen and oxygen atoms in total. The predicted molar refractivity (Wildman–Crippen MR) is 122 cm³/mol. The first-order valence-corrected chi connectivity index (χ1v) is 11.7. The number of ether oxygens (including phenoxy) is 1. The zero-order chi connectivity index (χ0) is 22.6. The summed E-state index contributed by atoms with van der Waals surface area (Å²) in [7, 11) is -3.69. The molecule has 1 heterocycles. The minimum absolute atomic E-state index is 0.0993. The van der Waals surface area contributed by atoms with E-state index in [1.807, 2.05) is 26.0 Å². The Balaban J connectivity index is 2.04. The van der Waals surface area contributed by atoms with Crippen LogP contribution in [0, 0.1) is 0 Å². The van der Waals surface area contributed by atoms with Gasteiger partial charge in [-0.05, 0) is 50.2 Å². The fourth-order valence-corrected chi connectivity index (χ4v) is 4.81. The Kier molecular flexibility index (Phi) is 6.92. The summed E-state index contributed by atoms with van der Waals surface area (Å²) in [5, 5.41) is 3.55. The van der Waals surface area contributed by atoms with Crippen molar-refractivity contribution in [1.29, 1.82) is 0 Å². The average molecular weight is 442 g/mol. The van der Waals surface area contributed by atoms with Gasteiger partial charge in [0, 0.05) is 30.2 Å². The number of pyridine rings is 1. The van der Waals surface area contributed by atoms with Crippen molar-refractivity contribution in [1.82, 2.24) is 9.29 Å². The van der Waals surface area contributed by atoms with Crippen molar-refractivity contribution < 1.29 is 17.9 Å². The maximum atomic E-state index is 13.1. The zero-order valence-corrected chi connectivity index (χ0v) is 18.9. The maximum absolute atomic E-state index is 13.1. The number of carbonyl (C=O) groups excluding carboxylic acids is 1. The highest BCUT2D eigenvalue weighted by molar-refractivity contribution is 7.89. The number of amides is 1. The molecule has 0 aliphatic rings. The van der Waals surface area contributed by atoms with Crippen LogP contribution < -0.4 is 10.1 Å². The molecule has 8 heteroatoms. The molecular weight excluding hydrogens is 414 g/mol. The second kappa shape index (κ2) is 9.45. The lowest BCUT2D eigenvalue weighted by atomic mass is 10.1. The number of sulfonamides is 1. The van der Waals surface area contributed by atoms with Gasteiger partial charge < -0.3 is 10.1 Å². The lowest BCUT2D eigenvalue weighted by molar-refractivity contribution is 0.102. The van der Waals surface area contributed by atoms with Crippen molar-refractivity contribution in [2.24, 2.45) is 0 Å². The first-order valence-electron chi connectivity index (χ1n) is 10.2. The van der Waals surface area contributed by atoms with Gasteiger partial charge >= 0.3 is 0 Å². The van der Waals surface area contributed by atoms with Crippen LogP contribution in [0.4, 0.5) is 5.69 Å². The third-order valence-electron chi connectivity index (χ3n) is 4.80. The first-order chi connectivity index (χ1) is 14.8. The van der Waals surface area contributed by atoms with Gasteiger partial charge in [0.2, 0.25) is 10.0 Å². The van der Waals surface area contributed by atoms with Crippen molar-refractivity contribution in [2.45, 2.75) is 38.7 Å². The largest absolute Gasteiger partial charge is 0.489 e. The Morgan fingerprint density at radius 2 is 1.84 bits per heavy atom. The molecule has 164 valence electrons. The quantitative estimate of drug-likeness (QED) is 0.563. The molecule has 0 fully saturated rings. The fraction of sp³-hybridized carbons (Fsp3) is 0.304. The summed E-state index contributed by atoms with van der Waals surface area (Å²) in [4.78, 5) is 17.5. The van der Waals surface area contributed by atoms with E-state index in [-0.39, 0.29) is 16.9 Å². The van der Waals surface area contributed by atoms with Crippen LogP contribution in [0.2, 0.25) is 0 Å². The number of nitrogens with zero attached hydrogens (tertiary/aromatic N) is 2. The van der Waals surface area contributed by atoms with Gasteiger partial charge in [0.1, 0.15) is 5.75 Å². The summed E-state index contributed by atoms with van der Waals surface area (Å²) in [6, 6.07) is 13.4. The van der Waals surface area contributed by atoms with E-state index in [9.17, 15) is 13.2 Å². The van der Waals surface area contributed by atoms with Crippen LogP contribution in [0.5, 0.6) is 5.75 Å². The van der Waals surface area contributed by atoms with Gasteiger partial charge in [0.15, 0.2) is 0 Å². The van der Waals surface area contributed by atoms with Crippen LogP contribution in [0.25, 0.3) is 10.9 Å². The average Bonchev–Trinajstić information content (AvgIpc) is 2.74. The van der Waals surface area contributed by atoms with Gasteiger partial charge in [-0.15, -0.1) is 0 Å². The Labute approximate surface area is 183 Å². The number of carbonyl (C=O) groups is 1. The van der Waals surface area contributed by atoms with Crippen molar-refractivity contribution in [3.05, 3.63) is 60.3 Å². The summed E-state index contributed by atoms with van der Waals surface area (Å²) in [6.45, 7) is 8.01. The first kappa shape index (κ1) is 22.7. The smallest absolute Gasteiger partial charge is 0.256 e. The number of fused-ring (bicyclic) bond motifs is 1. The molecule has 2 aromatic carbocycles. The highest BCUT2D eigenvalue weighted by atomic mass is 32.2. The number of anilines is 1. The zero-order valence-electron chi connectivity index (χ0n) is 18.1. The Morgan fingerprint density at radius 1 is 1.10 bits per heavy atom. The molecule has 0 aliphatic carbocycles. The minimum Gasteiger partial charge on any atom is -0.489 e.